The fourth-order valence-corrected chi connectivity index (χ4v) is 2.53. The van der Waals surface area contributed by atoms with Crippen LogP contribution in [0.4, 0.5) is 0 Å². The predicted molar refractivity (Wildman–Crippen MR) is 92.0 cm³/mol. The molecule has 0 bridgehead atoms. The normalized spacial score (nSPS) is 12.3. The molecule has 0 saturated heterocycles. The van der Waals surface area contributed by atoms with Crippen LogP contribution in [-0.2, 0) is 6.54 Å². The van der Waals surface area contributed by atoms with Crippen molar-refractivity contribution in [2.24, 2.45) is 5.92 Å². The first-order valence-corrected chi connectivity index (χ1v) is 8.23. The van der Waals surface area contributed by atoms with E-state index in [0.717, 1.165) is 11.4 Å². The number of aromatic nitrogens is 4. The number of amides is 1. The predicted octanol–water partition coefficient (Wildman–Crippen LogP) is 2.94. The molecule has 2 heterocycles. The summed E-state index contributed by atoms with van der Waals surface area (Å²) in [5.41, 5.74) is 1.42. The molecule has 3 aromatic rings. The molecule has 0 aliphatic rings. The largest absolute Gasteiger partial charge is 0.467 e. The zero-order valence-electron chi connectivity index (χ0n) is 14.5. The number of rotatable bonds is 6. The van der Waals surface area contributed by atoms with Crippen LogP contribution in [0, 0.1) is 5.92 Å². The number of benzene rings is 1. The molecular weight excluding hydrogens is 318 g/mol. The van der Waals surface area contributed by atoms with Crippen molar-refractivity contribution in [3.05, 3.63) is 60.3 Å². The van der Waals surface area contributed by atoms with Crippen molar-refractivity contribution in [3.8, 4) is 5.69 Å². The molecule has 7 heteroatoms. The maximum absolute atomic E-state index is 13.1. The van der Waals surface area contributed by atoms with Crippen LogP contribution in [-0.4, -0.2) is 37.1 Å². The molecule has 0 aliphatic heterocycles. The van der Waals surface area contributed by atoms with E-state index in [2.05, 4.69) is 36.3 Å². The van der Waals surface area contributed by atoms with Crippen LogP contribution in [0.15, 0.2) is 53.4 Å². The van der Waals surface area contributed by atoms with Gasteiger partial charge in [-0.05, 0) is 59.7 Å². The third kappa shape index (κ3) is 3.76. The van der Waals surface area contributed by atoms with Crippen molar-refractivity contribution in [2.45, 2.75) is 33.4 Å². The number of hydrogen-bond donors (Lipinski definition) is 0. The minimum absolute atomic E-state index is 0.0270. The van der Waals surface area contributed by atoms with Gasteiger partial charge in [-0.15, -0.1) is 5.10 Å². The molecule has 0 aliphatic carbocycles. The molecular formula is C18H21N5O2. The van der Waals surface area contributed by atoms with Gasteiger partial charge < -0.3 is 9.32 Å². The summed E-state index contributed by atoms with van der Waals surface area (Å²) < 4.78 is 6.98. The van der Waals surface area contributed by atoms with Gasteiger partial charge in [-0.1, -0.05) is 13.8 Å². The average Bonchev–Trinajstić information content (AvgIpc) is 3.32. The molecule has 25 heavy (non-hydrogen) atoms. The molecule has 0 fully saturated rings. The Hall–Kier alpha value is -2.96. The third-order valence-corrected chi connectivity index (χ3v) is 4.35. The maximum Gasteiger partial charge on any atom is 0.254 e. The van der Waals surface area contributed by atoms with Gasteiger partial charge in [0.15, 0.2) is 0 Å². The Morgan fingerprint density at radius 3 is 2.52 bits per heavy atom. The van der Waals surface area contributed by atoms with Gasteiger partial charge >= 0.3 is 0 Å². The molecule has 7 nitrogen and oxygen atoms in total. The summed E-state index contributed by atoms with van der Waals surface area (Å²) in [7, 11) is 0. The quantitative estimate of drug-likeness (QED) is 0.690. The Morgan fingerprint density at radius 1 is 1.20 bits per heavy atom. The van der Waals surface area contributed by atoms with Crippen molar-refractivity contribution >= 4 is 5.91 Å². The second-order valence-electron chi connectivity index (χ2n) is 6.30. The fourth-order valence-electron chi connectivity index (χ4n) is 2.53. The van der Waals surface area contributed by atoms with E-state index in [1.165, 1.54) is 6.33 Å². The summed E-state index contributed by atoms with van der Waals surface area (Å²) in [4.78, 5) is 14.9. The minimum atomic E-state index is -0.0270. The molecule has 130 valence electrons. The highest BCUT2D eigenvalue weighted by atomic mass is 16.3. The van der Waals surface area contributed by atoms with Gasteiger partial charge in [0.2, 0.25) is 0 Å². The lowest BCUT2D eigenvalue weighted by atomic mass is 10.0. The zero-order chi connectivity index (χ0) is 17.8. The van der Waals surface area contributed by atoms with Crippen LogP contribution < -0.4 is 0 Å². The lowest BCUT2D eigenvalue weighted by Gasteiger charge is -2.31. The number of nitrogens with zero attached hydrogens (tertiary/aromatic N) is 5. The molecule has 0 saturated carbocycles. The summed E-state index contributed by atoms with van der Waals surface area (Å²) in [6.07, 6.45) is 3.14. The smallest absolute Gasteiger partial charge is 0.254 e. The standard InChI is InChI=1S/C18H21N5O2/c1-13(2)14(3)22(11-17-5-4-10-25-17)18(24)15-6-8-16(9-7-15)23-12-19-20-21-23/h4-10,12-14H,11H2,1-3H3/t14-/m0/s1. The van der Waals surface area contributed by atoms with Crippen molar-refractivity contribution in [1.29, 1.82) is 0 Å². The van der Waals surface area contributed by atoms with Crippen molar-refractivity contribution < 1.29 is 9.21 Å². The van der Waals surface area contributed by atoms with Crippen LogP contribution in [0.3, 0.4) is 0 Å². The molecule has 0 spiro atoms. The first-order valence-electron chi connectivity index (χ1n) is 8.23. The monoisotopic (exact) mass is 339 g/mol. The van der Waals surface area contributed by atoms with E-state index >= 15 is 0 Å². The first-order chi connectivity index (χ1) is 12.1. The molecule has 1 aromatic carbocycles. The zero-order valence-corrected chi connectivity index (χ0v) is 14.5. The molecule has 0 unspecified atom stereocenters. The number of tetrazole rings is 1. The summed E-state index contributed by atoms with van der Waals surface area (Å²) in [6, 6.07) is 11.0. The number of furan rings is 1. The van der Waals surface area contributed by atoms with E-state index in [-0.39, 0.29) is 11.9 Å². The lowest BCUT2D eigenvalue weighted by molar-refractivity contribution is 0.0611. The van der Waals surface area contributed by atoms with E-state index in [9.17, 15) is 4.79 Å². The van der Waals surface area contributed by atoms with Crippen LogP contribution in [0.25, 0.3) is 5.69 Å². The van der Waals surface area contributed by atoms with Gasteiger partial charge in [-0.3, -0.25) is 4.79 Å². The van der Waals surface area contributed by atoms with Crippen molar-refractivity contribution in [2.75, 3.05) is 0 Å². The third-order valence-electron chi connectivity index (χ3n) is 4.35. The summed E-state index contributed by atoms with van der Waals surface area (Å²) in [5, 5.41) is 11.1. The van der Waals surface area contributed by atoms with Gasteiger partial charge in [0, 0.05) is 11.6 Å². The van der Waals surface area contributed by atoms with Crippen LogP contribution in [0.5, 0.6) is 0 Å². The van der Waals surface area contributed by atoms with Gasteiger partial charge in [-0.2, -0.15) is 0 Å². The molecule has 1 amide bonds. The SMILES string of the molecule is CC(C)[C@H](C)N(Cc1ccco1)C(=O)c1ccc(-n2cnnn2)cc1. The Labute approximate surface area is 146 Å². The second kappa shape index (κ2) is 7.29. The molecule has 1 atom stereocenters. The summed E-state index contributed by atoms with van der Waals surface area (Å²) >= 11 is 0. The van der Waals surface area contributed by atoms with Gasteiger partial charge in [-0.25, -0.2) is 4.68 Å². The van der Waals surface area contributed by atoms with E-state index in [1.807, 2.05) is 29.2 Å². The summed E-state index contributed by atoms with van der Waals surface area (Å²) in [6.45, 7) is 6.71. The van der Waals surface area contributed by atoms with Crippen LogP contribution >= 0.6 is 0 Å². The Balaban J connectivity index is 1.83. The molecule has 2 aromatic heterocycles. The van der Waals surface area contributed by atoms with Gasteiger partial charge in [0.25, 0.3) is 5.91 Å². The Morgan fingerprint density at radius 2 is 1.96 bits per heavy atom. The van der Waals surface area contributed by atoms with Gasteiger partial charge in [0.1, 0.15) is 12.1 Å². The summed E-state index contributed by atoms with van der Waals surface area (Å²) in [5.74, 6) is 1.08. The van der Waals surface area contributed by atoms with Crippen molar-refractivity contribution in [1.82, 2.24) is 25.1 Å². The highest BCUT2D eigenvalue weighted by Crippen LogP contribution is 2.19. The highest BCUT2D eigenvalue weighted by molar-refractivity contribution is 5.94. The first kappa shape index (κ1) is 16.9. The number of carbonyl (C=O) groups is 1. The average molecular weight is 339 g/mol. The van der Waals surface area contributed by atoms with E-state index in [1.54, 1.807) is 23.1 Å². The number of carbonyl (C=O) groups excluding carboxylic acids is 1. The fraction of sp³-hybridized carbons (Fsp3) is 0.333. The molecule has 3 rings (SSSR count). The van der Waals surface area contributed by atoms with Crippen LogP contribution in [0.2, 0.25) is 0 Å². The van der Waals surface area contributed by atoms with E-state index in [0.29, 0.717) is 18.0 Å². The Kier molecular flexibility index (Phi) is 4.92. The minimum Gasteiger partial charge on any atom is -0.467 e. The van der Waals surface area contributed by atoms with E-state index < -0.39 is 0 Å². The molecule has 0 N–H and O–H groups in total. The topological polar surface area (TPSA) is 77.0 Å². The van der Waals surface area contributed by atoms with E-state index in [4.69, 9.17) is 4.42 Å². The highest BCUT2D eigenvalue weighted by Gasteiger charge is 2.24. The van der Waals surface area contributed by atoms with Gasteiger partial charge in [0.05, 0.1) is 18.5 Å². The van der Waals surface area contributed by atoms with Crippen LogP contribution in [0.1, 0.15) is 36.9 Å². The molecule has 0 radical (unpaired) electrons. The second-order valence-corrected chi connectivity index (χ2v) is 6.30. The maximum atomic E-state index is 13.1. The van der Waals surface area contributed by atoms with Crippen molar-refractivity contribution in [3.63, 3.8) is 0 Å². The lowest BCUT2D eigenvalue weighted by Crippen LogP contribution is -2.40. The Bertz CT molecular complexity index is 795. The number of hydrogen-bond acceptors (Lipinski definition) is 5.